The van der Waals surface area contributed by atoms with Gasteiger partial charge in [-0.2, -0.15) is 5.10 Å². The SMILES string of the molecule is NCCc1[nH]nc(-c2cccs2)c1Br. The van der Waals surface area contributed by atoms with Gasteiger partial charge in [-0.25, -0.2) is 0 Å². The van der Waals surface area contributed by atoms with Gasteiger partial charge in [-0.3, -0.25) is 5.10 Å². The van der Waals surface area contributed by atoms with E-state index in [1.807, 2.05) is 11.4 Å². The van der Waals surface area contributed by atoms with Gasteiger partial charge in [-0.1, -0.05) is 6.07 Å². The Morgan fingerprint density at radius 1 is 1.57 bits per heavy atom. The van der Waals surface area contributed by atoms with E-state index in [9.17, 15) is 0 Å². The Morgan fingerprint density at radius 2 is 2.43 bits per heavy atom. The number of halogens is 1. The summed E-state index contributed by atoms with van der Waals surface area (Å²) in [6.07, 6.45) is 0.818. The van der Waals surface area contributed by atoms with Gasteiger partial charge in [0.2, 0.25) is 0 Å². The molecule has 2 heterocycles. The molecule has 0 saturated carbocycles. The summed E-state index contributed by atoms with van der Waals surface area (Å²) in [4.78, 5) is 1.16. The van der Waals surface area contributed by atoms with Gasteiger partial charge < -0.3 is 5.73 Å². The topological polar surface area (TPSA) is 54.7 Å². The second-order valence-corrected chi connectivity index (χ2v) is 4.62. The highest BCUT2D eigenvalue weighted by molar-refractivity contribution is 9.10. The van der Waals surface area contributed by atoms with Gasteiger partial charge in [0, 0.05) is 6.42 Å². The first-order valence-electron chi connectivity index (χ1n) is 4.29. The largest absolute Gasteiger partial charge is 0.330 e. The van der Waals surface area contributed by atoms with E-state index in [0.717, 1.165) is 27.2 Å². The molecule has 0 spiro atoms. The molecule has 0 fully saturated rings. The minimum Gasteiger partial charge on any atom is -0.330 e. The molecule has 0 aliphatic rings. The van der Waals surface area contributed by atoms with Crippen LogP contribution in [0, 0.1) is 0 Å². The van der Waals surface area contributed by atoms with E-state index in [1.54, 1.807) is 11.3 Å². The number of nitrogens with zero attached hydrogens (tertiary/aromatic N) is 1. The number of hydrogen-bond donors (Lipinski definition) is 2. The van der Waals surface area contributed by atoms with Gasteiger partial charge in [-0.15, -0.1) is 11.3 Å². The molecule has 2 aromatic heterocycles. The number of rotatable bonds is 3. The molecule has 0 amide bonds. The molecule has 0 atom stereocenters. The molecule has 3 N–H and O–H groups in total. The lowest BCUT2D eigenvalue weighted by Crippen LogP contribution is -2.03. The van der Waals surface area contributed by atoms with Crippen LogP contribution in [0.5, 0.6) is 0 Å². The maximum absolute atomic E-state index is 5.49. The van der Waals surface area contributed by atoms with Crippen LogP contribution in [0.15, 0.2) is 22.0 Å². The van der Waals surface area contributed by atoms with E-state index in [1.165, 1.54) is 0 Å². The number of hydrogen-bond acceptors (Lipinski definition) is 3. The Hall–Kier alpha value is -0.650. The van der Waals surface area contributed by atoms with E-state index >= 15 is 0 Å². The first-order valence-corrected chi connectivity index (χ1v) is 5.97. The summed E-state index contributed by atoms with van der Waals surface area (Å²) in [7, 11) is 0. The van der Waals surface area contributed by atoms with Gasteiger partial charge >= 0.3 is 0 Å². The van der Waals surface area contributed by atoms with Crippen molar-refractivity contribution >= 4 is 27.3 Å². The normalized spacial score (nSPS) is 10.7. The first kappa shape index (κ1) is 9.89. The third-order valence-electron chi connectivity index (χ3n) is 1.92. The van der Waals surface area contributed by atoms with Crippen molar-refractivity contribution in [3.63, 3.8) is 0 Å². The highest BCUT2D eigenvalue weighted by Gasteiger charge is 2.11. The zero-order valence-corrected chi connectivity index (χ0v) is 9.86. The summed E-state index contributed by atoms with van der Waals surface area (Å²) in [6.45, 7) is 0.630. The van der Waals surface area contributed by atoms with Crippen LogP contribution in [0.1, 0.15) is 5.69 Å². The minimum atomic E-state index is 0.630. The summed E-state index contributed by atoms with van der Waals surface area (Å²) in [5.41, 5.74) is 7.53. The molecular weight excluding hydrogens is 262 g/mol. The molecule has 74 valence electrons. The summed E-state index contributed by atoms with van der Waals surface area (Å²) in [6, 6.07) is 4.07. The Labute approximate surface area is 94.5 Å². The Balaban J connectivity index is 2.36. The minimum absolute atomic E-state index is 0.630. The summed E-state index contributed by atoms with van der Waals surface area (Å²) < 4.78 is 1.03. The fourth-order valence-corrected chi connectivity index (χ4v) is 2.69. The molecule has 14 heavy (non-hydrogen) atoms. The van der Waals surface area contributed by atoms with Gasteiger partial charge in [0.1, 0.15) is 5.69 Å². The quantitative estimate of drug-likeness (QED) is 0.901. The predicted molar refractivity (Wildman–Crippen MR) is 62.4 cm³/mol. The fraction of sp³-hybridized carbons (Fsp3) is 0.222. The Kier molecular flexibility index (Phi) is 3.00. The molecule has 2 aromatic rings. The van der Waals surface area contributed by atoms with E-state index in [4.69, 9.17) is 5.73 Å². The highest BCUT2D eigenvalue weighted by atomic mass is 79.9. The molecule has 0 radical (unpaired) electrons. The van der Waals surface area contributed by atoms with Crippen molar-refractivity contribution in [3.05, 3.63) is 27.7 Å². The molecular formula is C9H10BrN3S. The third kappa shape index (κ3) is 1.75. The summed E-state index contributed by atoms with van der Waals surface area (Å²) in [5.74, 6) is 0. The Bertz CT molecular complexity index is 408. The molecule has 5 heteroatoms. The van der Waals surface area contributed by atoms with Crippen LogP contribution in [0.2, 0.25) is 0 Å². The van der Waals surface area contributed by atoms with Crippen LogP contribution < -0.4 is 5.73 Å². The molecule has 0 unspecified atom stereocenters. The van der Waals surface area contributed by atoms with Crippen LogP contribution in [0.3, 0.4) is 0 Å². The average Bonchev–Trinajstić information content (AvgIpc) is 2.77. The van der Waals surface area contributed by atoms with Gasteiger partial charge in [0.25, 0.3) is 0 Å². The predicted octanol–water partition coefficient (Wildman–Crippen LogP) is 2.40. The summed E-state index contributed by atoms with van der Waals surface area (Å²) >= 11 is 5.21. The van der Waals surface area contributed by atoms with Crippen LogP contribution in [-0.2, 0) is 6.42 Å². The zero-order valence-electron chi connectivity index (χ0n) is 7.46. The van der Waals surface area contributed by atoms with E-state index < -0.39 is 0 Å². The first-order chi connectivity index (χ1) is 6.83. The number of nitrogens with two attached hydrogens (primary N) is 1. The van der Waals surface area contributed by atoms with Crippen LogP contribution in [0.25, 0.3) is 10.6 Å². The van der Waals surface area contributed by atoms with Crippen molar-refractivity contribution in [2.45, 2.75) is 6.42 Å². The highest BCUT2D eigenvalue weighted by Crippen LogP contribution is 2.31. The van der Waals surface area contributed by atoms with Crippen molar-refractivity contribution in [3.8, 4) is 10.6 Å². The molecule has 0 saturated heterocycles. The molecule has 0 bridgehead atoms. The van der Waals surface area contributed by atoms with Crippen molar-refractivity contribution in [1.82, 2.24) is 10.2 Å². The second-order valence-electron chi connectivity index (χ2n) is 2.88. The maximum Gasteiger partial charge on any atom is 0.116 e. The van der Waals surface area contributed by atoms with Crippen molar-refractivity contribution in [2.75, 3.05) is 6.54 Å². The fourth-order valence-electron chi connectivity index (χ4n) is 1.25. The smallest absolute Gasteiger partial charge is 0.116 e. The van der Waals surface area contributed by atoms with Gasteiger partial charge in [0.15, 0.2) is 0 Å². The molecule has 0 aliphatic carbocycles. The lowest BCUT2D eigenvalue weighted by molar-refractivity contribution is 0.899. The number of aromatic amines is 1. The van der Waals surface area contributed by atoms with Crippen molar-refractivity contribution in [1.29, 1.82) is 0 Å². The lowest BCUT2D eigenvalue weighted by atomic mass is 10.2. The molecule has 0 aliphatic heterocycles. The van der Waals surface area contributed by atoms with Crippen LogP contribution in [-0.4, -0.2) is 16.7 Å². The number of H-pyrrole nitrogens is 1. The van der Waals surface area contributed by atoms with Crippen molar-refractivity contribution < 1.29 is 0 Å². The number of thiophene rings is 1. The van der Waals surface area contributed by atoms with Crippen molar-refractivity contribution in [2.24, 2.45) is 5.73 Å². The Morgan fingerprint density at radius 3 is 3.07 bits per heavy atom. The van der Waals surface area contributed by atoms with Crippen LogP contribution >= 0.6 is 27.3 Å². The zero-order chi connectivity index (χ0) is 9.97. The third-order valence-corrected chi connectivity index (χ3v) is 3.66. The van der Waals surface area contributed by atoms with Gasteiger partial charge in [-0.05, 0) is 33.9 Å². The molecule has 3 nitrogen and oxygen atoms in total. The standard InChI is InChI=1S/C9H10BrN3S/c10-8-6(3-4-11)12-13-9(8)7-2-1-5-14-7/h1-2,5H,3-4,11H2,(H,12,13). The second kappa shape index (κ2) is 4.25. The van der Waals surface area contributed by atoms with Gasteiger partial charge in [0.05, 0.1) is 15.0 Å². The van der Waals surface area contributed by atoms with E-state index in [2.05, 4.69) is 32.2 Å². The van der Waals surface area contributed by atoms with Crippen LogP contribution in [0.4, 0.5) is 0 Å². The number of aromatic nitrogens is 2. The van der Waals surface area contributed by atoms with E-state index in [-0.39, 0.29) is 0 Å². The lowest BCUT2D eigenvalue weighted by Gasteiger charge is -1.94. The summed E-state index contributed by atoms with van der Waals surface area (Å²) in [5, 5.41) is 9.29. The number of nitrogens with one attached hydrogen (secondary N) is 1. The monoisotopic (exact) mass is 271 g/mol. The van der Waals surface area contributed by atoms with E-state index in [0.29, 0.717) is 6.54 Å². The average molecular weight is 272 g/mol. The molecule has 0 aromatic carbocycles. The maximum atomic E-state index is 5.49. The molecule has 2 rings (SSSR count).